The maximum absolute atomic E-state index is 11.4. The topological polar surface area (TPSA) is 60.7 Å². The van der Waals surface area contributed by atoms with E-state index in [9.17, 15) is 15.3 Å². The Morgan fingerprint density at radius 1 is 1.22 bits per heavy atom. The molecule has 0 radical (unpaired) electrons. The van der Waals surface area contributed by atoms with Crippen LogP contribution >= 0.6 is 0 Å². The Balaban J connectivity index is 1.67. The van der Waals surface area contributed by atoms with Gasteiger partial charge in [0.1, 0.15) is 0 Å². The number of allylic oxidation sites excluding steroid dienone is 1. The molecule has 0 heterocycles. The fourth-order valence-corrected chi connectivity index (χ4v) is 8.25. The molecule has 154 valence electrons. The van der Waals surface area contributed by atoms with Crippen molar-refractivity contribution in [3.8, 4) is 0 Å². The Bertz CT molecular complexity index is 615. The fourth-order valence-electron chi connectivity index (χ4n) is 8.25. The Morgan fingerprint density at radius 2 is 1.96 bits per heavy atom. The quantitative estimate of drug-likeness (QED) is 0.643. The van der Waals surface area contributed by atoms with E-state index in [1.807, 2.05) is 0 Å². The van der Waals surface area contributed by atoms with Crippen molar-refractivity contribution >= 4 is 0 Å². The van der Waals surface area contributed by atoms with Crippen LogP contribution < -0.4 is 0 Å². The molecule has 3 fully saturated rings. The van der Waals surface area contributed by atoms with Crippen LogP contribution in [-0.2, 0) is 0 Å². The summed E-state index contributed by atoms with van der Waals surface area (Å²) in [6.45, 7) is 9.31. The van der Waals surface area contributed by atoms with E-state index in [1.54, 1.807) is 0 Å². The van der Waals surface area contributed by atoms with Gasteiger partial charge in [-0.15, -0.1) is 0 Å². The molecule has 0 aliphatic heterocycles. The average Bonchev–Trinajstić information content (AvgIpc) is 2.98. The Labute approximate surface area is 165 Å². The Hall–Kier alpha value is -0.380. The number of aliphatic hydroxyl groups is 3. The highest BCUT2D eigenvalue weighted by Gasteiger charge is 2.62. The predicted molar refractivity (Wildman–Crippen MR) is 108 cm³/mol. The summed E-state index contributed by atoms with van der Waals surface area (Å²) in [4.78, 5) is 0. The van der Waals surface area contributed by atoms with Crippen molar-refractivity contribution in [3.05, 3.63) is 11.6 Å². The molecule has 4 rings (SSSR count). The highest BCUT2D eigenvalue weighted by atomic mass is 16.3. The lowest BCUT2D eigenvalue weighted by atomic mass is 9.45. The molecule has 0 amide bonds. The van der Waals surface area contributed by atoms with E-state index < -0.39 is 5.60 Å². The molecule has 0 saturated heterocycles. The predicted octanol–water partition coefficient (Wildman–Crippen LogP) is 4.31. The zero-order chi connectivity index (χ0) is 19.6. The van der Waals surface area contributed by atoms with Gasteiger partial charge in [0.2, 0.25) is 0 Å². The second kappa shape index (κ2) is 6.57. The second-order valence-corrected chi connectivity index (χ2v) is 11.1. The van der Waals surface area contributed by atoms with E-state index in [4.69, 9.17) is 0 Å². The minimum absolute atomic E-state index is 0.0474. The van der Waals surface area contributed by atoms with Crippen LogP contribution in [0.4, 0.5) is 0 Å². The first-order chi connectivity index (χ1) is 12.7. The van der Waals surface area contributed by atoms with Gasteiger partial charge in [0.05, 0.1) is 11.7 Å². The summed E-state index contributed by atoms with van der Waals surface area (Å²) in [5.41, 5.74) is 1.08. The smallest absolute Gasteiger partial charge is 0.0682 e. The maximum atomic E-state index is 11.4. The molecule has 3 N–H and O–H groups in total. The molecule has 0 spiro atoms. The van der Waals surface area contributed by atoms with E-state index in [1.165, 1.54) is 18.4 Å². The van der Waals surface area contributed by atoms with Crippen LogP contribution in [0, 0.1) is 40.4 Å². The van der Waals surface area contributed by atoms with Crippen LogP contribution in [0.25, 0.3) is 0 Å². The molecule has 27 heavy (non-hydrogen) atoms. The number of hydrogen-bond acceptors (Lipinski definition) is 3. The van der Waals surface area contributed by atoms with Crippen LogP contribution in [0.5, 0.6) is 0 Å². The fraction of sp³-hybridized carbons (Fsp3) is 0.917. The molecule has 0 aromatic heterocycles. The molecular weight excluding hydrogens is 336 g/mol. The minimum Gasteiger partial charge on any atom is -0.396 e. The van der Waals surface area contributed by atoms with Crippen LogP contribution in [0.15, 0.2) is 11.6 Å². The summed E-state index contributed by atoms with van der Waals surface area (Å²) >= 11 is 0. The van der Waals surface area contributed by atoms with Crippen molar-refractivity contribution in [2.24, 2.45) is 40.4 Å². The third kappa shape index (κ3) is 2.79. The zero-order valence-electron chi connectivity index (χ0n) is 17.7. The van der Waals surface area contributed by atoms with Crippen molar-refractivity contribution < 1.29 is 15.3 Å². The van der Waals surface area contributed by atoms with E-state index in [0.29, 0.717) is 29.6 Å². The first-order valence-electron chi connectivity index (χ1n) is 11.4. The minimum atomic E-state index is -0.540. The molecule has 3 saturated carbocycles. The van der Waals surface area contributed by atoms with Gasteiger partial charge in [-0.1, -0.05) is 39.3 Å². The largest absolute Gasteiger partial charge is 0.396 e. The van der Waals surface area contributed by atoms with Gasteiger partial charge in [-0.05, 0) is 91.8 Å². The van der Waals surface area contributed by atoms with Gasteiger partial charge in [0.15, 0.2) is 0 Å². The number of hydrogen-bond donors (Lipinski definition) is 3. The first-order valence-corrected chi connectivity index (χ1v) is 11.4. The highest BCUT2D eigenvalue weighted by molar-refractivity contribution is 5.28. The molecular formula is C24H40O3. The molecule has 0 bridgehead atoms. The zero-order valence-corrected chi connectivity index (χ0v) is 17.7. The molecule has 0 aromatic carbocycles. The van der Waals surface area contributed by atoms with Crippen molar-refractivity contribution in [1.82, 2.24) is 0 Å². The van der Waals surface area contributed by atoms with E-state index >= 15 is 0 Å². The average molecular weight is 377 g/mol. The van der Waals surface area contributed by atoms with Gasteiger partial charge in [0, 0.05) is 6.61 Å². The van der Waals surface area contributed by atoms with Gasteiger partial charge in [-0.2, -0.15) is 0 Å². The van der Waals surface area contributed by atoms with Crippen LogP contribution in [-0.4, -0.2) is 33.6 Å². The maximum Gasteiger partial charge on any atom is 0.0682 e. The summed E-state index contributed by atoms with van der Waals surface area (Å²) in [5.74, 6) is 2.39. The van der Waals surface area contributed by atoms with Gasteiger partial charge in [-0.3, -0.25) is 0 Å². The van der Waals surface area contributed by atoms with Crippen LogP contribution in [0.3, 0.4) is 0 Å². The molecule has 0 aromatic rings. The number of rotatable bonds is 3. The lowest BCUT2D eigenvalue weighted by molar-refractivity contribution is -0.137. The summed E-state index contributed by atoms with van der Waals surface area (Å²) in [5, 5.41) is 32.1. The normalized spacial score (nSPS) is 53.1. The van der Waals surface area contributed by atoms with Crippen molar-refractivity contribution in [1.29, 1.82) is 0 Å². The molecule has 3 nitrogen and oxygen atoms in total. The van der Waals surface area contributed by atoms with Crippen LogP contribution in [0.2, 0.25) is 0 Å². The summed E-state index contributed by atoms with van der Waals surface area (Å²) in [6.07, 6.45) is 10.0. The van der Waals surface area contributed by atoms with Gasteiger partial charge < -0.3 is 15.3 Å². The molecule has 9 atom stereocenters. The summed E-state index contributed by atoms with van der Waals surface area (Å²) in [7, 11) is 0. The van der Waals surface area contributed by atoms with Crippen molar-refractivity contribution in [3.63, 3.8) is 0 Å². The lowest BCUT2D eigenvalue weighted by Crippen LogP contribution is -2.57. The monoisotopic (exact) mass is 376 g/mol. The third-order valence-electron chi connectivity index (χ3n) is 9.89. The molecule has 3 heteroatoms. The second-order valence-electron chi connectivity index (χ2n) is 11.1. The summed E-state index contributed by atoms with van der Waals surface area (Å²) in [6, 6.07) is 0. The Morgan fingerprint density at radius 3 is 2.63 bits per heavy atom. The molecule has 4 aliphatic rings. The SMILES string of the molecule is CC[C@]1(O)CC[C@@]2(C)C(=CC[C@@H]3[C@@H]2[C@@H](O)C[C@]2(C)[C@@H]([C@H](C)CO)CC[C@@H]32)C1. The number of fused-ring (bicyclic) bond motifs is 5. The van der Waals surface area contributed by atoms with E-state index in [0.717, 1.165) is 38.5 Å². The van der Waals surface area contributed by atoms with Gasteiger partial charge in [-0.25, -0.2) is 0 Å². The van der Waals surface area contributed by atoms with E-state index in [2.05, 4.69) is 33.8 Å². The van der Waals surface area contributed by atoms with Gasteiger partial charge in [0.25, 0.3) is 0 Å². The molecule has 4 aliphatic carbocycles. The van der Waals surface area contributed by atoms with Crippen molar-refractivity contribution in [2.45, 2.75) is 90.8 Å². The first kappa shape index (κ1) is 19.9. The Kier molecular flexibility index (Phi) is 4.85. The van der Waals surface area contributed by atoms with Gasteiger partial charge >= 0.3 is 0 Å². The van der Waals surface area contributed by atoms with Crippen LogP contribution in [0.1, 0.15) is 79.1 Å². The summed E-state index contributed by atoms with van der Waals surface area (Å²) < 4.78 is 0. The molecule has 0 unspecified atom stereocenters. The van der Waals surface area contributed by atoms with Crippen molar-refractivity contribution in [2.75, 3.05) is 6.61 Å². The number of aliphatic hydroxyl groups excluding tert-OH is 2. The van der Waals surface area contributed by atoms with E-state index in [-0.39, 0.29) is 23.5 Å². The third-order valence-corrected chi connectivity index (χ3v) is 9.89. The lowest BCUT2D eigenvalue weighted by Gasteiger charge is -2.61. The highest BCUT2D eigenvalue weighted by Crippen LogP contribution is 2.67. The standard InChI is InChI=1S/C24H40O3/c1-5-24(27)11-10-22(3)16(12-24)6-7-17-19-9-8-18(15(2)14-25)23(19,4)13-20(26)21(17)22/h6,15,17-21,25-27H,5,7-14H2,1-4H3/t15-,17+,18-,19+,20+,21-,22+,23-,24+/m1/s1.